The Labute approximate surface area is 165 Å². The Bertz CT molecular complexity index is 1010. The summed E-state index contributed by atoms with van der Waals surface area (Å²) >= 11 is 3.43. The second-order valence-electron chi connectivity index (χ2n) is 6.18. The predicted octanol–water partition coefficient (Wildman–Crippen LogP) is 4.11. The van der Waals surface area contributed by atoms with E-state index in [4.69, 9.17) is 4.84 Å². The zero-order valence-electron chi connectivity index (χ0n) is 15.0. The summed E-state index contributed by atoms with van der Waals surface area (Å²) in [5.74, 6) is -0.466. The molecule has 0 bridgehead atoms. The Morgan fingerprint density at radius 3 is 2.41 bits per heavy atom. The molecule has 0 atom stereocenters. The van der Waals surface area contributed by atoms with Gasteiger partial charge in [0.05, 0.1) is 0 Å². The number of pyridine rings is 1. The second-order valence-corrected chi connectivity index (χ2v) is 7.10. The molecule has 0 saturated heterocycles. The summed E-state index contributed by atoms with van der Waals surface area (Å²) in [7, 11) is 0. The Kier molecular flexibility index (Phi) is 5.76. The Hall–Kier alpha value is -2.86. The molecule has 1 heterocycles. The molecule has 138 valence electrons. The Morgan fingerprint density at radius 2 is 1.74 bits per heavy atom. The maximum Gasteiger partial charge on any atom is 0.295 e. The van der Waals surface area contributed by atoms with Gasteiger partial charge in [0, 0.05) is 16.4 Å². The summed E-state index contributed by atoms with van der Waals surface area (Å²) < 4.78 is 2.02. The van der Waals surface area contributed by atoms with Crippen LogP contribution in [-0.2, 0) is 6.61 Å². The number of nitrogens with zero attached hydrogens (tertiary/aromatic N) is 1. The lowest BCUT2D eigenvalue weighted by Crippen LogP contribution is -2.32. The number of rotatable bonds is 5. The van der Waals surface area contributed by atoms with Crippen LogP contribution in [0.2, 0.25) is 0 Å². The lowest BCUT2D eigenvalue weighted by Gasteiger charge is -2.13. The number of aromatic nitrogens is 1. The van der Waals surface area contributed by atoms with E-state index in [9.17, 15) is 9.59 Å². The van der Waals surface area contributed by atoms with Crippen molar-refractivity contribution in [2.24, 2.45) is 0 Å². The van der Waals surface area contributed by atoms with E-state index >= 15 is 0 Å². The molecule has 3 aromatic rings. The minimum Gasteiger partial charge on any atom is -0.406 e. The highest BCUT2D eigenvalue weighted by atomic mass is 79.9. The molecule has 0 fully saturated rings. The van der Waals surface area contributed by atoms with Gasteiger partial charge in [-0.3, -0.25) is 9.59 Å². The van der Waals surface area contributed by atoms with E-state index < -0.39 is 11.5 Å². The minimum absolute atomic E-state index is 0.0206. The molecule has 0 saturated carbocycles. The van der Waals surface area contributed by atoms with Gasteiger partial charge in [-0.15, -0.1) is 0 Å². The second kappa shape index (κ2) is 8.22. The minimum atomic E-state index is -0.502. The van der Waals surface area contributed by atoms with Gasteiger partial charge in [0.15, 0.2) is 0 Å². The number of anilines is 1. The standard InChI is InChI=1S/C21H19BrN2O3/c1-14-11-17(22)12-15(2)19(14)23-20(25)18-9-6-10-24(21(18)26)27-13-16-7-4-3-5-8-16/h3-12H,13H2,1-2H3,(H,23,25). The first-order valence-electron chi connectivity index (χ1n) is 8.42. The predicted molar refractivity (Wildman–Crippen MR) is 109 cm³/mol. The van der Waals surface area contributed by atoms with Crippen LogP contribution in [0.1, 0.15) is 27.0 Å². The summed E-state index contributed by atoms with van der Waals surface area (Å²) in [5.41, 5.74) is 2.97. The molecule has 1 aromatic heterocycles. The van der Waals surface area contributed by atoms with Gasteiger partial charge in [0.25, 0.3) is 11.5 Å². The monoisotopic (exact) mass is 426 g/mol. The van der Waals surface area contributed by atoms with Crippen molar-refractivity contribution in [3.63, 3.8) is 0 Å². The Morgan fingerprint density at radius 1 is 1.07 bits per heavy atom. The van der Waals surface area contributed by atoms with Gasteiger partial charge < -0.3 is 10.2 Å². The van der Waals surface area contributed by atoms with Crippen LogP contribution in [0.15, 0.2) is 70.1 Å². The number of amides is 1. The number of nitrogens with one attached hydrogen (secondary N) is 1. The quantitative estimate of drug-likeness (QED) is 0.667. The lowest BCUT2D eigenvalue weighted by molar-refractivity contribution is 0.0863. The van der Waals surface area contributed by atoms with Crippen LogP contribution in [0.3, 0.4) is 0 Å². The van der Waals surface area contributed by atoms with Crippen molar-refractivity contribution in [1.29, 1.82) is 0 Å². The van der Waals surface area contributed by atoms with Crippen LogP contribution in [0.4, 0.5) is 5.69 Å². The first-order valence-corrected chi connectivity index (χ1v) is 9.22. The molecule has 2 aromatic carbocycles. The average Bonchev–Trinajstić information content (AvgIpc) is 2.64. The average molecular weight is 427 g/mol. The molecule has 6 heteroatoms. The van der Waals surface area contributed by atoms with Crippen molar-refractivity contribution in [2.45, 2.75) is 20.5 Å². The van der Waals surface area contributed by atoms with Gasteiger partial charge in [0.1, 0.15) is 12.2 Å². The van der Waals surface area contributed by atoms with Gasteiger partial charge in [-0.1, -0.05) is 46.3 Å². The molecule has 0 spiro atoms. The third kappa shape index (κ3) is 4.46. The zero-order valence-corrected chi connectivity index (χ0v) is 16.6. The van der Waals surface area contributed by atoms with E-state index in [0.29, 0.717) is 5.69 Å². The van der Waals surface area contributed by atoms with Crippen molar-refractivity contribution in [3.8, 4) is 0 Å². The highest BCUT2D eigenvalue weighted by Crippen LogP contribution is 2.25. The van der Waals surface area contributed by atoms with Crippen molar-refractivity contribution in [2.75, 3.05) is 5.32 Å². The number of aryl methyl sites for hydroxylation is 2. The zero-order chi connectivity index (χ0) is 19.4. The first kappa shape index (κ1) is 18.9. The smallest absolute Gasteiger partial charge is 0.295 e. The summed E-state index contributed by atoms with van der Waals surface area (Å²) in [6.07, 6.45) is 1.50. The molecule has 0 aliphatic carbocycles. The van der Waals surface area contributed by atoms with Gasteiger partial charge in [-0.25, -0.2) is 0 Å². The molecule has 0 aliphatic rings. The van der Waals surface area contributed by atoms with Crippen LogP contribution >= 0.6 is 15.9 Å². The normalized spacial score (nSPS) is 10.5. The van der Waals surface area contributed by atoms with E-state index in [2.05, 4.69) is 21.2 Å². The number of benzene rings is 2. The summed E-state index contributed by atoms with van der Waals surface area (Å²) in [6.45, 7) is 4.04. The number of hydrogen-bond acceptors (Lipinski definition) is 3. The molecule has 27 heavy (non-hydrogen) atoms. The number of halogens is 1. The molecule has 0 unspecified atom stereocenters. The Balaban J connectivity index is 1.81. The maximum absolute atomic E-state index is 12.7. The largest absolute Gasteiger partial charge is 0.406 e. The van der Waals surface area contributed by atoms with Gasteiger partial charge in [-0.05, 0) is 54.8 Å². The summed E-state index contributed by atoms with van der Waals surface area (Å²) in [4.78, 5) is 30.8. The van der Waals surface area contributed by atoms with E-state index in [0.717, 1.165) is 25.9 Å². The molecular weight excluding hydrogens is 408 g/mol. The number of carbonyl (C=O) groups is 1. The number of carbonyl (C=O) groups excluding carboxylic acids is 1. The maximum atomic E-state index is 12.7. The van der Waals surface area contributed by atoms with Crippen molar-refractivity contribution in [1.82, 2.24) is 4.73 Å². The van der Waals surface area contributed by atoms with Crippen LogP contribution in [0.5, 0.6) is 0 Å². The molecule has 1 N–H and O–H groups in total. The summed E-state index contributed by atoms with van der Waals surface area (Å²) in [5, 5.41) is 2.84. The van der Waals surface area contributed by atoms with Crippen LogP contribution in [0, 0.1) is 13.8 Å². The summed E-state index contributed by atoms with van der Waals surface area (Å²) in [6, 6.07) is 16.4. The first-order chi connectivity index (χ1) is 13.0. The molecule has 3 rings (SSSR count). The van der Waals surface area contributed by atoms with E-state index in [-0.39, 0.29) is 12.2 Å². The van der Waals surface area contributed by atoms with E-state index in [1.54, 1.807) is 6.07 Å². The topological polar surface area (TPSA) is 60.3 Å². The fourth-order valence-electron chi connectivity index (χ4n) is 2.76. The lowest BCUT2D eigenvalue weighted by atomic mass is 10.1. The third-order valence-corrected chi connectivity index (χ3v) is 4.57. The third-order valence-electron chi connectivity index (χ3n) is 4.11. The number of hydrogen-bond donors (Lipinski definition) is 1. The molecule has 5 nitrogen and oxygen atoms in total. The fraction of sp³-hybridized carbons (Fsp3) is 0.143. The molecule has 1 amide bonds. The highest BCUT2D eigenvalue weighted by Gasteiger charge is 2.15. The van der Waals surface area contributed by atoms with E-state index in [1.165, 1.54) is 12.3 Å². The van der Waals surface area contributed by atoms with Crippen molar-refractivity contribution < 1.29 is 9.63 Å². The SMILES string of the molecule is Cc1cc(Br)cc(C)c1NC(=O)c1cccn(OCc2ccccc2)c1=O. The van der Waals surface area contributed by atoms with Gasteiger partial charge in [-0.2, -0.15) is 4.73 Å². The fourth-order valence-corrected chi connectivity index (χ4v) is 3.44. The van der Waals surface area contributed by atoms with Gasteiger partial charge in [0.2, 0.25) is 0 Å². The van der Waals surface area contributed by atoms with E-state index in [1.807, 2.05) is 56.3 Å². The van der Waals surface area contributed by atoms with Crippen LogP contribution < -0.4 is 15.7 Å². The van der Waals surface area contributed by atoms with Gasteiger partial charge >= 0.3 is 0 Å². The molecular formula is C21H19BrN2O3. The van der Waals surface area contributed by atoms with Crippen LogP contribution in [-0.4, -0.2) is 10.6 Å². The van der Waals surface area contributed by atoms with Crippen molar-refractivity contribution in [3.05, 3.63) is 97.9 Å². The van der Waals surface area contributed by atoms with Crippen molar-refractivity contribution >= 4 is 27.5 Å². The molecule has 0 aliphatic heterocycles. The molecule has 0 radical (unpaired) electrons. The van der Waals surface area contributed by atoms with Crippen LogP contribution in [0.25, 0.3) is 0 Å². The highest BCUT2D eigenvalue weighted by molar-refractivity contribution is 9.10.